The number of hydrogen-bond donors (Lipinski definition) is 1. The third kappa shape index (κ3) is 1.96. The van der Waals surface area contributed by atoms with Crippen molar-refractivity contribution in [3.63, 3.8) is 0 Å². The highest BCUT2D eigenvalue weighted by Crippen LogP contribution is 2.39. The molecule has 2 aliphatic rings. The van der Waals surface area contributed by atoms with Crippen molar-refractivity contribution in [2.24, 2.45) is 0 Å². The van der Waals surface area contributed by atoms with Crippen LogP contribution in [0.1, 0.15) is 42.4 Å². The molecule has 1 aliphatic heterocycles. The van der Waals surface area contributed by atoms with Gasteiger partial charge in [0, 0.05) is 9.75 Å². The Labute approximate surface area is 116 Å². The quantitative estimate of drug-likeness (QED) is 0.864. The van der Waals surface area contributed by atoms with Crippen molar-refractivity contribution < 1.29 is 9.59 Å². The predicted molar refractivity (Wildman–Crippen MR) is 74.0 cm³/mol. The number of hydrogen-bond acceptors (Lipinski definition) is 3. The maximum absolute atomic E-state index is 12.1. The van der Waals surface area contributed by atoms with Crippen molar-refractivity contribution in [1.29, 1.82) is 0 Å². The van der Waals surface area contributed by atoms with E-state index in [4.69, 9.17) is 0 Å². The maximum Gasteiger partial charge on any atom is 0.325 e. The van der Waals surface area contributed by atoms with E-state index >= 15 is 0 Å². The molecule has 1 aromatic rings. The molecule has 3 rings (SSSR count). The zero-order valence-corrected chi connectivity index (χ0v) is 11.9. The summed E-state index contributed by atoms with van der Waals surface area (Å²) in [5, 5.41) is 2.49. The number of carbonyl (C=O) groups excluding carboxylic acids is 2. The van der Waals surface area contributed by atoms with Crippen molar-refractivity contribution >= 4 is 23.3 Å². The fraction of sp³-hybridized carbons (Fsp3) is 0.571. The molecule has 5 heteroatoms. The third-order valence-electron chi connectivity index (χ3n) is 4.22. The van der Waals surface area contributed by atoms with Gasteiger partial charge in [0.15, 0.2) is 0 Å². The summed E-state index contributed by atoms with van der Waals surface area (Å²) in [5.41, 5.74) is -0.562. The summed E-state index contributed by atoms with van der Waals surface area (Å²) < 4.78 is 0. The number of imide groups is 1. The van der Waals surface area contributed by atoms with E-state index in [0.717, 1.165) is 37.0 Å². The van der Waals surface area contributed by atoms with Crippen LogP contribution in [-0.4, -0.2) is 22.4 Å². The summed E-state index contributed by atoms with van der Waals surface area (Å²) >= 11 is 1.73. The van der Waals surface area contributed by atoms with E-state index in [9.17, 15) is 9.59 Å². The minimum atomic E-state index is -0.562. The van der Waals surface area contributed by atoms with E-state index in [1.165, 1.54) is 4.88 Å². The second-order valence-electron chi connectivity index (χ2n) is 5.31. The van der Waals surface area contributed by atoms with Gasteiger partial charge >= 0.3 is 6.03 Å². The highest BCUT2D eigenvalue weighted by Gasteiger charge is 2.53. The molecule has 2 heterocycles. The summed E-state index contributed by atoms with van der Waals surface area (Å²) in [5.74, 6) is -0.0951. The Balaban J connectivity index is 1.85. The van der Waals surface area contributed by atoms with Gasteiger partial charge in [0.25, 0.3) is 5.91 Å². The van der Waals surface area contributed by atoms with Crippen LogP contribution in [0.2, 0.25) is 0 Å². The first-order valence-corrected chi connectivity index (χ1v) is 7.68. The Morgan fingerprint density at radius 3 is 2.58 bits per heavy atom. The van der Waals surface area contributed by atoms with E-state index < -0.39 is 5.54 Å². The standard InChI is InChI=1S/C14H18N2O2S/c1-2-10-5-6-11(19-10)9-16-13(18)15-12(17)14(16)7-3-4-8-14/h5-6H,2-4,7-9H2,1H3,(H,15,17,18). The van der Waals surface area contributed by atoms with Crippen LogP contribution >= 0.6 is 11.3 Å². The minimum Gasteiger partial charge on any atom is -0.305 e. The predicted octanol–water partition coefficient (Wildman–Crippen LogP) is 2.68. The Morgan fingerprint density at radius 1 is 1.26 bits per heavy atom. The SMILES string of the molecule is CCc1ccc(CN2C(=O)NC(=O)C23CCCC3)s1. The van der Waals surface area contributed by atoms with Crippen LogP contribution < -0.4 is 5.32 Å². The Bertz CT molecular complexity index is 517. The molecule has 1 aliphatic carbocycles. The molecule has 0 unspecified atom stereocenters. The lowest BCUT2D eigenvalue weighted by Gasteiger charge is -2.30. The van der Waals surface area contributed by atoms with Crippen molar-refractivity contribution in [3.05, 3.63) is 21.9 Å². The number of amides is 3. The van der Waals surface area contributed by atoms with Crippen LogP contribution in [0.15, 0.2) is 12.1 Å². The summed E-state index contributed by atoms with van der Waals surface area (Å²) in [6.45, 7) is 2.68. The van der Waals surface area contributed by atoms with E-state index in [2.05, 4.69) is 24.4 Å². The number of nitrogens with zero attached hydrogens (tertiary/aromatic N) is 1. The number of rotatable bonds is 3. The van der Waals surface area contributed by atoms with Gasteiger partial charge in [0.05, 0.1) is 6.54 Å². The average Bonchev–Trinajstić information content (AvgIpc) is 3.09. The molecule has 2 fully saturated rings. The topological polar surface area (TPSA) is 49.4 Å². The molecular formula is C14H18N2O2S. The molecule has 102 valence electrons. The molecule has 19 heavy (non-hydrogen) atoms. The molecule has 0 radical (unpaired) electrons. The first-order valence-electron chi connectivity index (χ1n) is 6.86. The first-order chi connectivity index (χ1) is 9.15. The van der Waals surface area contributed by atoms with Crippen LogP contribution in [0, 0.1) is 0 Å². The lowest BCUT2D eigenvalue weighted by molar-refractivity contribution is -0.126. The van der Waals surface area contributed by atoms with E-state index in [1.54, 1.807) is 16.2 Å². The third-order valence-corrected chi connectivity index (χ3v) is 5.43. The van der Waals surface area contributed by atoms with Crippen molar-refractivity contribution in [3.8, 4) is 0 Å². The fourth-order valence-corrected chi connectivity index (χ4v) is 4.08. The monoisotopic (exact) mass is 278 g/mol. The Hall–Kier alpha value is -1.36. The van der Waals surface area contributed by atoms with Gasteiger partial charge in [-0.15, -0.1) is 11.3 Å². The number of thiophene rings is 1. The number of carbonyl (C=O) groups is 2. The van der Waals surface area contributed by atoms with Gasteiger partial charge in [-0.1, -0.05) is 19.8 Å². The second-order valence-corrected chi connectivity index (χ2v) is 6.56. The molecule has 3 amide bonds. The minimum absolute atomic E-state index is 0.0951. The van der Waals surface area contributed by atoms with Crippen molar-refractivity contribution in [1.82, 2.24) is 10.2 Å². The second kappa shape index (κ2) is 4.63. The normalized spacial score (nSPS) is 21.4. The largest absolute Gasteiger partial charge is 0.325 e. The van der Waals surface area contributed by atoms with Crippen LogP contribution in [0.5, 0.6) is 0 Å². The summed E-state index contributed by atoms with van der Waals surface area (Å²) in [4.78, 5) is 28.4. The maximum atomic E-state index is 12.1. The van der Waals surface area contributed by atoms with Crippen LogP contribution in [-0.2, 0) is 17.8 Å². The van der Waals surface area contributed by atoms with Crippen LogP contribution in [0.3, 0.4) is 0 Å². The molecule has 4 nitrogen and oxygen atoms in total. The molecule has 1 spiro atoms. The molecule has 0 bridgehead atoms. The van der Waals surface area contributed by atoms with Crippen LogP contribution in [0.25, 0.3) is 0 Å². The Kier molecular flexibility index (Phi) is 3.09. The van der Waals surface area contributed by atoms with Gasteiger partial charge in [0.1, 0.15) is 5.54 Å². The van der Waals surface area contributed by atoms with Gasteiger partial charge in [-0.05, 0) is 31.4 Å². The molecule has 1 N–H and O–H groups in total. The number of aryl methyl sites for hydroxylation is 1. The summed E-state index contributed by atoms with van der Waals surface area (Å²) in [6, 6.07) is 3.96. The molecule has 1 aromatic heterocycles. The highest BCUT2D eigenvalue weighted by molar-refractivity contribution is 7.11. The van der Waals surface area contributed by atoms with Crippen LogP contribution in [0.4, 0.5) is 4.79 Å². The zero-order chi connectivity index (χ0) is 13.5. The van der Waals surface area contributed by atoms with Gasteiger partial charge in [0.2, 0.25) is 0 Å². The van der Waals surface area contributed by atoms with Gasteiger partial charge < -0.3 is 4.90 Å². The lowest BCUT2D eigenvalue weighted by atomic mass is 9.96. The zero-order valence-electron chi connectivity index (χ0n) is 11.1. The van der Waals surface area contributed by atoms with Crippen molar-refractivity contribution in [2.75, 3.05) is 0 Å². The van der Waals surface area contributed by atoms with Gasteiger partial charge in [-0.2, -0.15) is 0 Å². The smallest absolute Gasteiger partial charge is 0.305 e. The lowest BCUT2D eigenvalue weighted by Crippen LogP contribution is -2.46. The van der Waals surface area contributed by atoms with Crippen molar-refractivity contribution in [2.45, 2.75) is 51.1 Å². The molecule has 0 aromatic carbocycles. The summed E-state index contributed by atoms with van der Waals surface area (Å²) in [7, 11) is 0. The Morgan fingerprint density at radius 2 is 1.95 bits per heavy atom. The van der Waals surface area contributed by atoms with Gasteiger partial charge in [-0.25, -0.2) is 4.79 Å². The number of urea groups is 1. The van der Waals surface area contributed by atoms with E-state index in [1.807, 2.05) is 0 Å². The average molecular weight is 278 g/mol. The number of nitrogens with one attached hydrogen (secondary N) is 1. The van der Waals surface area contributed by atoms with E-state index in [-0.39, 0.29) is 11.9 Å². The molecule has 0 atom stereocenters. The fourth-order valence-electron chi connectivity index (χ4n) is 3.13. The first kappa shape index (κ1) is 12.7. The molecule has 1 saturated heterocycles. The summed E-state index contributed by atoms with van der Waals surface area (Å²) in [6.07, 6.45) is 4.68. The highest BCUT2D eigenvalue weighted by atomic mass is 32.1. The van der Waals surface area contributed by atoms with Gasteiger partial charge in [-0.3, -0.25) is 10.1 Å². The van der Waals surface area contributed by atoms with E-state index in [0.29, 0.717) is 6.54 Å². The molecule has 1 saturated carbocycles. The molecular weight excluding hydrogens is 260 g/mol.